The molecule has 3 heterocycles. The molecule has 0 aromatic carbocycles. The fourth-order valence-corrected chi connectivity index (χ4v) is 3.21. The fourth-order valence-electron chi connectivity index (χ4n) is 3.05. The average Bonchev–Trinajstić information content (AvgIpc) is 3.28. The molecule has 1 saturated heterocycles. The molecule has 2 aliphatic rings. The summed E-state index contributed by atoms with van der Waals surface area (Å²) in [6, 6.07) is 0.415. The van der Waals surface area contributed by atoms with E-state index in [1.807, 2.05) is 11.9 Å². The summed E-state index contributed by atoms with van der Waals surface area (Å²) in [5, 5.41) is 29.5. The van der Waals surface area contributed by atoms with Gasteiger partial charge in [0.2, 0.25) is 5.28 Å². The van der Waals surface area contributed by atoms with Crippen molar-refractivity contribution < 1.29 is 20.1 Å². The van der Waals surface area contributed by atoms with Gasteiger partial charge in [-0.25, -0.2) is 4.98 Å². The Labute approximate surface area is 142 Å². The van der Waals surface area contributed by atoms with Gasteiger partial charge >= 0.3 is 0 Å². The second-order valence-corrected chi connectivity index (χ2v) is 6.55. The molecule has 24 heavy (non-hydrogen) atoms. The molecule has 1 aliphatic carbocycles. The summed E-state index contributed by atoms with van der Waals surface area (Å²) in [5.41, 5.74) is 0.957. The van der Waals surface area contributed by atoms with Gasteiger partial charge in [-0.2, -0.15) is 9.97 Å². The van der Waals surface area contributed by atoms with E-state index in [0.717, 1.165) is 12.8 Å². The van der Waals surface area contributed by atoms with Crippen LogP contribution < -0.4 is 4.90 Å². The number of imidazole rings is 1. The minimum absolute atomic E-state index is 0.0680. The molecule has 4 atom stereocenters. The maximum atomic E-state index is 10.2. The van der Waals surface area contributed by atoms with Crippen molar-refractivity contribution in [3.63, 3.8) is 0 Å². The molecule has 9 nitrogen and oxygen atoms in total. The van der Waals surface area contributed by atoms with Crippen molar-refractivity contribution >= 4 is 28.6 Å². The molecule has 2 aromatic rings. The highest BCUT2D eigenvalue weighted by Crippen LogP contribution is 2.36. The predicted molar refractivity (Wildman–Crippen MR) is 84.8 cm³/mol. The summed E-state index contributed by atoms with van der Waals surface area (Å²) < 4.78 is 7.05. The molecular weight excluding hydrogens is 338 g/mol. The number of fused-ring (bicyclic) bond motifs is 1. The Kier molecular flexibility index (Phi) is 3.85. The van der Waals surface area contributed by atoms with Crippen molar-refractivity contribution in [3.8, 4) is 0 Å². The van der Waals surface area contributed by atoms with Crippen molar-refractivity contribution in [1.82, 2.24) is 19.5 Å². The van der Waals surface area contributed by atoms with Gasteiger partial charge < -0.3 is 25.0 Å². The van der Waals surface area contributed by atoms with Gasteiger partial charge in [-0.05, 0) is 24.4 Å². The number of aliphatic hydroxyl groups is 3. The summed E-state index contributed by atoms with van der Waals surface area (Å²) in [4.78, 5) is 14.9. The van der Waals surface area contributed by atoms with E-state index in [2.05, 4.69) is 15.0 Å². The van der Waals surface area contributed by atoms with E-state index in [-0.39, 0.29) is 5.28 Å². The Morgan fingerprint density at radius 2 is 2.08 bits per heavy atom. The molecule has 0 unspecified atom stereocenters. The Bertz CT molecular complexity index is 767. The first-order valence-corrected chi connectivity index (χ1v) is 8.14. The third-order valence-corrected chi connectivity index (χ3v) is 4.76. The van der Waals surface area contributed by atoms with Crippen LogP contribution in [0.5, 0.6) is 0 Å². The van der Waals surface area contributed by atoms with Gasteiger partial charge in [0.15, 0.2) is 23.2 Å². The lowest BCUT2D eigenvalue weighted by molar-refractivity contribution is -0.0511. The number of halogens is 1. The van der Waals surface area contributed by atoms with Crippen molar-refractivity contribution in [2.75, 3.05) is 18.6 Å². The molecular formula is C14H18ClN5O4. The van der Waals surface area contributed by atoms with Gasteiger partial charge in [-0.1, -0.05) is 0 Å². The molecule has 3 N–H and O–H groups in total. The van der Waals surface area contributed by atoms with E-state index in [0.29, 0.717) is 23.0 Å². The summed E-state index contributed by atoms with van der Waals surface area (Å²) in [6.07, 6.45) is -0.522. The Balaban J connectivity index is 1.78. The number of anilines is 1. The molecule has 0 spiro atoms. The second-order valence-electron chi connectivity index (χ2n) is 6.21. The molecule has 0 radical (unpaired) electrons. The van der Waals surface area contributed by atoms with E-state index in [1.165, 1.54) is 10.9 Å². The summed E-state index contributed by atoms with van der Waals surface area (Å²) in [5.74, 6) is 0.623. The van der Waals surface area contributed by atoms with Crippen LogP contribution in [0, 0.1) is 0 Å². The number of hydrogen-bond acceptors (Lipinski definition) is 8. The lowest BCUT2D eigenvalue weighted by Gasteiger charge is -2.19. The van der Waals surface area contributed by atoms with Crippen LogP contribution in [0.15, 0.2) is 6.33 Å². The molecule has 1 aliphatic heterocycles. The highest BCUT2D eigenvalue weighted by atomic mass is 35.5. The zero-order valence-electron chi connectivity index (χ0n) is 12.9. The van der Waals surface area contributed by atoms with Crippen molar-refractivity contribution in [3.05, 3.63) is 11.6 Å². The normalized spacial score (nSPS) is 30.2. The maximum Gasteiger partial charge on any atom is 0.226 e. The van der Waals surface area contributed by atoms with Gasteiger partial charge in [0, 0.05) is 13.1 Å². The number of aromatic nitrogens is 4. The van der Waals surface area contributed by atoms with Crippen molar-refractivity contribution in [1.29, 1.82) is 0 Å². The number of ether oxygens (including phenoxy) is 1. The zero-order valence-corrected chi connectivity index (χ0v) is 13.7. The fraction of sp³-hybridized carbons (Fsp3) is 0.643. The van der Waals surface area contributed by atoms with E-state index in [9.17, 15) is 15.3 Å². The Hall–Kier alpha value is -1.52. The second kappa shape index (κ2) is 5.78. The highest BCUT2D eigenvalue weighted by molar-refractivity contribution is 6.28. The van der Waals surface area contributed by atoms with Gasteiger partial charge in [-0.15, -0.1) is 0 Å². The van der Waals surface area contributed by atoms with Gasteiger partial charge in [0.25, 0.3) is 0 Å². The number of nitrogens with zero attached hydrogens (tertiary/aromatic N) is 5. The molecule has 2 fully saturated rings. The SMILES string of the molecule is CN(c1nc(Cl)nc2c1ncn2[C@@H]1O[C@H](CO)[C@@H](O)[C@H]1O)C1CC1. The highest BCUT2D eigenvalue weighted by Gasteiger charge is 2.44. The standard InChI is InChI=1S/C14H18ClN5O4/c1-19(6-2-3-6)11-8-12(18-14(15)17-11)20(5-16-8)13-10(23)9(22)7(4-21)24-13/h5-7,9-10,13,21-23H,2-4H2,1H3/t7-,9-,10-,13-/m1/s1. The molecule has 4 rings (SSSR count). The molecule has 0 bridgehead atoms. The Morgan fingerprint density at radius 3 is 2.71 bits per heavy atom. The zero-order chi connectivity index (χ0) is 17.0. The van der Waals surface area contributed by atoms with Crippen molar-refractivity contribution in [2.45, 2.75) is 43.4 Å². The minimum atomic E-state index is -1.21. The lowest BCUT2D eigenvalue weighted by atomic mass is 10.1. The number of hydrogen-bond donors (Lipinski definition) is 3. The monoisotopic (exact) mass is 355 g/mol. The van der Waals surface area contributed by atoms with Crippen LogP contribution in [0.3, 0.4) is 0 Å². The van der Waals surface area contributed by atoms with E-state index in [1.54, 1.807) is 0 Å². The smallest absolute Gasteiger partial charge is 0.226 e. The van der Waals surface area contributed by atoms with Crippen molar-refractivity contribution in [2.24, 2.45) is 0 Å². The minimum Gasteiger partial charge on any atom is -0.394 e. The van der Waals surface area contributed by atoms with Gasteiger partial charge in [-0.3, -0.25) is 4.57 Å². The molecule has 130 valence electrons. The Morgan fingerprint density at radius 1 is 1.33 bits per heavy atom. The third-order valence-electron chi connectivity index (χ3n) is 4.60. The lowest BCUT2D eigenvalue weighted by Crippen LogP contribution is -2.33. The molecule has 1 saturated carbocycles. The first kappa shape index (κ1) is 16.0. The van der Waals surface area contributed by atoms with Gasteiger partial charge in [0.1, 0.15) is 18.3 Å². The van der Waals surface area contributed by atoms with E-state index < -0.39 is 31.1 Å². The molecule has 10 heteroatoms. The van der Waals surface area contributed by atoms with E-state index >= 15 is 0 Å². The molecule has 2 aromatic heterocycles. The van der Waals surface area contributed by atoms with E-state index in [4.69, 9.17) is 16.3 Å². The van der Waals surface area contributed by atoms with Crippen LogP contribution in [0.2, 0.25) is 5.28 Å². The number of rotatable bonds is 4. The van der Waals surface area contributed by atoms with Crippen LogP contribution in [0.4, 0.5) is 5.82 Å². The first-order valence-electron chi connectivity index (χ1n) is 7.76. The topological polar surface area (TPSA) is 117 Å². The third kappa shape index (κ3) is 2.44. The van der Waals surface area contributed by atoms with Gasteiger partial charge in [0.05, 0.1) is 12.9 Å². The summed E-state index contributed by atoms with van der Waals surface area (Å²) in [6.45, 7) is -0.396. The maximum absolute atomic E-state index is 10.2. The van der Waals surface area contributed by atoms with Crippen LogP contribution in [0.1, 0.15) is 19.1 Å². The number of aliphatic hydroxyl groups excluding tert-OH is 3. The average molecular weight is 356 g/mol. The van der Waals surface area contributed by atoms with Crippen LogP contribution in [-0.2, 0) is 4.74 Å². The summed E-state index contributed by atoms with van der Waals surface area (Å²) >= 11 is 6.07. The first-order chi connectivity index (χ1) is 11.5. The van der Waals surface area contributed by atoms with Crippen LogP contribution in [0.25, 0.3) is 11.2 Å². The quantitative estimate of drug-likeness (QED) is 0.639. The predicted octanol–water partition coefficient (Wildman–Crippen LogP) is -0.310. The molecule has 0 amide bonds. The van der Waals surface area contributed by atoms with Crippen LogP contribution in [-0.4, -0.2) is 72.8 Å². The largest absolute Gasteiger partial charge is 0.394 e. The summed E-state index contributed by atoms with van der Waals surface area (Å²) in [7, 11) is 1.93. The van der Waals surface area contributed by atoms with Crippen LogP contribution >= 0.6 is 11.6 Å².